The standard InChI is InChI=1S/C13H14BrN3O3/c1-19-7-10(20-2)13(18)17-11-4-3-8-5-9(14)6-15-12(8)16-11/h3-6,10H,7H2,1-2H3,(H,15,16,17,18). The molecule has 0 radical (unpaired) electrons. The predicted molar refractivity (Wildman–Crippen MR) is 78.5 cm³/mol. The molecule has 2 rings (SSSR count). The Morgan fingerprint density at radius 1 is 1.45 bits per heavy atom. The van der Waals surface area contributed by atoms with Gasteiger partial charge in [0.2, 0.25) is 0 Å². The maximum atomic E-state index is 11.9. The van der Waals surface area contributed by atoms with Crippen LogP contribution in [0.2, 0.25) is 0 Å². The van der Waals surface area contributed by atoms with Gasteiger partial charge in [-0.05, 0) is 34.1 Å². The number of nitrogens with one attached hydrogen (secondary N) is 1. The lowest BCUT2D eigenvalue weighted by atomic mass is 10.3. The first-order valence-corrected chi connectivity index (χ1v) is 6.68. The van der Waals surface area contributed by atoms with Crippen molar-refractivity contribution < 1.29 is 14.3 Å². The molecule has 0 fully saturated rings. The zero-order valence-electron chi connectivity index (χ0n) is 11.1. The number of amides is 1. The largest absolute Gasteiger partial charge is 0.381 e. The fourth-order valence-electron chi connectivity index (χ4n) is 1.66. The number of aromatic nitrogens is 2. The smallest absolute Gasteiger partial charge is 0.257 e. The number of carbonyl (C=O) groups is 1. The second kappa shape index (κ2) is 6.74. The molecule has 0 bridgehead atoms. The average Bonchev–Trinajstić information content (AvgIpc) is 2.44. The van der Waals surface area contributed by atoms with Gasteiger partial charge in [0.15, 0.2) is 11.8 Å². The Hall–Kier alpha value is -1.57. The van der Waals surface area contributed by atoms with E-state index in [1.807, 2.05) is 12.1 Å². The maximum Gasteiger partial charge on any atom is 0.257 e. The average molecular weight is 340 g/mol. The van der Waals surface area contributed by atoms with Crippen LogP contribution in [0.4, 0.5) is 5.82 Å². The van der Waals surface area contributed by atoms with Crippen LogP contribution < -0.4 is 5.32 Å². The summed E-state index contributed by atoms with van der Waals surface area (Å²) in [5.74, 6) is 0.119. The van der Waals surface area contributed by atoms with E-state index in [0.717, 1.165) is 9.86 Å². The topological polar surface area (TPSA) is 73.3 Å². The summed E-state index contributed by atoms with van der Waals surface area (Å²) in [7, 11) is 2.96. The third kappa shape index (κ3) is 3.50. The molecule has 7 heteroatoms. The third-order valence-electron chi connectivity index (χ3n) is 2.66. The summed E-state index contributed by atoms with van der Waals surface area (Å²) in [5.41, 5.74) is 0.562. The molecule has 0 aromatic carbocycles. The highest BCUT2D eigenvalue weighted by Crippen LogP contribution is 2.17. The van der Waals surface area contributed by atoms with E-state index in [4.69, 9.17) is 9.47 Å². The van der Waals surface area contributed by atoms with Gasteiger partial charge in [0.1, 0.15) is 5.82 Å². The van der Waals surface area contributed by atoms with E-state index in [9.17, 15) is 4.79 Å². The number of halogens is 1. The summed E-state index contributed by atoms with van der Waals surface area (Å²) in [5, 5.41) is 3.56. The van der Waals surface area contributed by atoms with Crippen molar-refractivity contribution in [2.75, 3.05) is 26.1 Å². The minimum Gasteiger partial charge on any atom is -0.381 e. The normalized spacial score (nSPS) is 12.3. The highest BCUT2D eigenvalue weighted by Gasteiger charge is 2.18. The molecule has 1 amide bonds. The van der Waals surface area contributed by atoms with Crippen LogP contribution in [-0.4, -0.2) is 42.8 Å². The fourth-order valence-corrected chi connectivity index (χ4v) is 2.01. The maximum absolute atomic E-state index is 11.9. The summed E-state index contributed by atoms with van der Waals surface area (Å²) in [6.07, 6.45) is 0.986. The number of ether oxygens (including phenoxy) is 2. The molecule has 0 aliphatic heterocycles. The van der Waals surface area contributed by atoms with Crippen molar-refractivity contribution >= 4 is 38.7 Å². The van der Waals surface area contributed by atoms with Gasteiger partial charge in [0.25, 0.3) is 5.91 Å². The second-order valence-electron chi connectivity index (χ2n) is 4.07. The van der Waals surface area contributed by atoms with Gasteiger partial charge >= 0.3 is 0 Å². The molecule has 0 saturated carbocycles. The molecule has 20 heavy (non-hydrogen) atoms. The van der Waals surface area contributed by atoms with Crippen LogP contribution in [0, 0.1) is 0 Å². The number of pyridine rings is 2. The monoisotopic (exact) mass is 339 g/mol. The predicted octanol–water partition coefficient (Wildman–Crippen LogP) is 1.99. The lowest BCUT2D eigenvalue weighted by Gasteiger charge is -2.13. The number of hydrogen-bond acceptors (Lipinski definition) is 5. The molecule has 1 N–H and O–H groups in total. The Balaban J connectivity index is 2.17. The molecular formula is C13H14BrN3O3. The molecule has 106 valence electrons. The summed E-state index contributed by atoms with van der Waals surface area (Å²) >= 11 is 3.35. The van der Waals surface area contributed by atoms with Crippen molar-refractivity contribution in [1.29, 1.82) is 0 Å². The number of anilines is 1. The van der Waals surface area contributed by atoms with E-state index in [2.05, 4.69) is 31.2 Å². The van der Waals surface area contributed by atoms with Crippen molar-refractivity contribution in [3.63, 3.8) is 0 Å². The molecule has 1 atom stereocenters. The van der Waals surface area contributed by atoms with Crippen LogP contribution >= 0.6 is 15.9 Å². The van der Waals surface area contributed by atoms with Crippen molar-refractivity contribution in [3.05, 3.63) is 28.9 Å². The van der Waals surface area contributed by atoms with Gasteiger partial charge in [0, 0.05) is 30.3 Å². The highest BCUT2D eigenvalue weighted by molar-refractivity contribution is 9.10. The van der Waals surface area contributed by atoms with E-state index in [0.29, 0.717) is 11.5 Å². The van der Waals surface area contributed by atoms with Gasteiger partial charge in [-0.25, -0.2) is 9.97 Å². The molecule has 0 aliphatic rings. The Morgan fingerprint density at radius 2 is 2.25 bits per heavy atom. The van der Waals surface area contributed by atoms with E-state index in [1.165, 1.54) is 14.2 Å². The summed E-state index contributed by atoms with van der Waals surface area (Å²) in [4.78, 5) is 20.4. The molecule has 2 aromatic rings. The summed E-state index contributed by atoms with van der Waals surface area (Å²) < 4.78 is 10.8. The number of hydrogen-bond donors (Lipinski definition) is 1. The Kier molecular flexibility index (Phi) is 4.99. The van der Waals surface area contributed by atoms with Crippen molar-refractivity contribution in [3.8, 4) is 0 Å². The van der Waals surface area contributed by atoms with Crippen molar-refractivity contribution in [2.45, 2.75) is 6.10 Å². The first-order chi connectivity index (χ1) is 9.63. The molecule has 2 aromatic heterocycles. The van der Waals surface area contributed by atoms with Crippen LogP contribution in [0.1, 0.15) is 0 Å². The molecule has 0 aliphatic carbocycles. The fraction of sp³-hybridized carbons (Fsp3) is 0.308. The first kappa shape index (κ1) is 14.8. The molecule has 2 heterocycles. The molecule has 0 saturated heterocycles. The number of fused-ring (bicyclic) bond motifs is 1. The van der Waals surface area contributed by atoms with Gasteiger partial charge < -0.3 is 14.8 Å². The van der Waals surface area contributed by atoms with E-state index >= 15 is 0 Å². The lowest BCUT2D eigenvalue weighted by Crippen LogP contribution is -2.33. The molecule has 0 spiro atoms. The summed E-state index contributed by atoms with van der Waals surface area (Å²) in [6, 6.07) is 5.46. The van der Waals surface area contributed by atoms with Crippen LogP contribution in [0.15, 0.2) is 28.9 Å². The van der Waals surface area contributed by atoms with Crippen LogP contribution in [0.25, 0.3) is 11.0 Å². The highest BCUT2D eigenvalue weighted by atomic mass is 79.9. The van der Waals surface area contributed by atoms with Gasteiger partial charge in [-0.15, -0.1) is 0 Å². The first-order valence-electron chi connectivity index (χ1n) is 5.89. The number of nitrogens with zero attached hydrogens (tertiary/aromatic N) is 2. The quantitative estimate of drug-likeness (QED) is 0.901. The van der Waals surface area contributed by atoms with Gasteiger partial charge in [-0.2, -0.15) is 0 Å². The van der Waals surface area contributed by atoms with Crippen molar-refractivity contribution in [2.24, 2.45) is 0 Å². The van der Waals surface area contributed by atoms with E-state index in [1.54, 1.807) is 12.3 Å². The Morgan fingerprint density at radius 3 is 2.95 bits per heavy atom. The lowest BCUT2D eigenvalue weighted by molar-refractivity contribution is -0.128. The minimum atomic E-state index is -0.671. The second-order valence-corrected chi connectivity index (χ2v) is 4.98. The summed E-state index contributed by atoms with van der Waals surface area (Å²) in [6.45, 7) is 0.182. The number of carbonyl (C=O) groups excluding carboxylic acids is 1. The minimum absolute atomic E-state index is 0.182. The molecule has 6 nitrogen and oxygen atoms in total. The Labute approximate surface area is 124 Å². The van der Waals surface area contributed by atoms with E-state index < -0.39 is 6.10 Å². The van der Waals surface area contributed by atoms with E-state index in [-0.39, 0.29) is 12.5 Å². The van der Waals surface area contributed by atoms with Gasteiger partial charge in [0.05, 0.1) is 6.61 Å². The molecule has 1 unspecified atom stereocenters. The Bertz CT molecular complexity index is 621. The number of rotatable bonds is 5. The number of methoxy groups -OCH3 is 2. The SMILES string of the molecule is COCC(OC)C(=O)Nc1ccc2cc(Br)cnc2n1. The van der Waals surface area contributed by atoms with Crippen LogP contribution in [0.5, 0.6) is 0 Å². The van der Waals surface area contributed by atoms with Crippen LogP contribution in [0.3, 0.4) is 0 Å². The zero-order valence-corrected chi connectivity index (χ0v) is 12.7. The van der Waals surface area contributed by atoms with Gasteiger partial charge in [-0.3, -0.25) is 4.79 Å². The van der Waals surface area contributed by atoms with Crippen LogP contribution in [-0.2, 0) is 14.3 Å². The molecular weight excluding hydrogens is 326 g/mol. The van der Waals surface area contributed by atoms with Crippen molar-refractivity contribution in [1.82, 2.24) is 9.97 Å². The zero-order chi connectivity index (χ0) is 14.5. The van der Waals surface area contributed by atoms with Gasteiger partial charge in [-0.1, -0.05) is 0 Å². The third-order valence-corrected chi connectivity index (χ3v) is 3.09.